The van der Waals surface area contributed by atoms with Crippen LogP contribution in [0.1, 0.15) is 33.1 Å². The molecule has 118 valence electrons. The molecular weight excluding hydrogens is 252 g/mol. The molecule has 0 spiro atoms. The van der Waals surface area contributed by atoms with Gasteiger partial charge in [-0.1, -0.05) is 20.3 Å². The number of nitrogens with two attached hydrogens (primary N) is 1. The van der Waals surface area contributed by atoms with Crippen molar-refractivity contribution in [3.63, 3.8) is 0 Å². The van der Waals surface area contributed by atoms with Gasteiger partial charge in [-0.2, -0.15) is 0 Å². The Balaban J connectivity index is 2.08. The van der Waals surface area contributed by atoms with Gasteiger partial charge in [-0.05, 0) is 31.8 Å². The van der Waals surface area contributed by atoms with Crippen LogP contribution in [0.3, 0.4) is 0 Å². The molecule has 0 aromatic carbocycles. The summed E-state index contributed by atoms with van der Waals surface area (Å²) in [4.78, 5) is 16.5. The Bertz CT molecular complexity index is 263. The van der Waals surface area contributed by atoms with E-state index in [0.29, 0.717) is 12.5 Å². The molecule has 1 saturated heterocycles. The van der Waals surface area contributed by atoms with Gasteiger partial charge in [-0.25, -0.2) is 0 Å². The first-order valence-corrected chi connectivity index (χ1v) is 8.03. The third kappa shape index (κ3) is 7.82. The van der Waals surface area contributed by atoms with Gasteiger partial charge in [0.2, 0.25) is 5.91 Å². The second-order valence-corrected chi connectivity index (χ2v) is 6.17. The van der Waals surface area contributed by atoms with Gasteiger partial charge in [0.25, 0.3) is 0 Å². The van der Waals surface area contributed by atoms with Crippen LogP contribution in [0, 0.1) is 5.92 Å². The molecule has 0 bridgehead atoms. The minimum absolute atomic E-state index is 0.162. The molecule has 1 aliphatic rings. The van der Waals surface area contributed by atoms with E-state index in [-0.39, 0.29) is 5.91 Å². The molecule has 1 rings (SSSR count). The molecule has 3 N–H and O–H groups in total. The molecule has 1 heterocycles. The molecule has 5 heteroatoms. The zero-order valence-corrected chi connectivity index (χ0v) is 13.2. The first-order valence-electron chi connectivity index (χ1n) is 8.03. The summed E-state index contributed by atoms with van der Waals surface area (Å²) in [6.07, 6.45) is 3.61. The molecule has 1 amide bonds. The summed E-state index contributed by atoms with van der Waals surface area (Å²) >= 11 is 0. The second-order valence-electron chi connectivity index (χ2n) is 6.17. The number of rotatable bonds is 9. The molecule has 1 fully saturated rings. The topological polar surface area (TPSA) is 61.6 Å². The van der Waals surface area contributed by atoms with Crippen LogP contribution in [0.2, 0.25) is 0 Å². The average Bonchev–Trinajstić information content (AvgIpc) is 2.43. The van der Waals surface area contributed by atoms with Crippen molar-refractivity contribution in [3.05, 3.63) is 0 Å². The summed E-state index contributed by atoms with van der Waals surface area (Å²) in [6.45, 7) is 11.7. The summed E-state index contributed by atoms with van der Waals surface area (Å²) in [7, 11) is 0. The number of nitrogens with zero attached hydrogens (tertiary/aromatic N) is 2. The van der Waals surface area contributed by atoms with Crippen molar-refractivity contribution in [1.29, 1.82) is 0 Å². The predicted molar refractivity (Wildman–Crippen MR) is 83.6 cm³/mol. The molecule has 0 aliphatic carbocycles. The first-order chi connectivity index (χ1) is 9.61. The summed E-state index contributed by atoms with van der Waals surface area (Å²) in [6, 6.07) is 0. The van der Waals surface area contributed by atoms with Crippen LogP contribution < -0.4 is 11.1 Å². The Morgan fingerprint density at radius 2 is 1.75 bits per heavy atom. The summed E-state index contributed by atoms with van der Waals surface area (Å²) < 4.78 is 0. The van der Waals surface area contributed by atoms with Crippen LogP contribution in [0.25, 0.3) is 0 Å². The molecule has 1 aliphatic heterocycles. The van der Waals surface area contributed by atoms with Crippen molar-refractivity contribution >= 4 is 5.91 Å². The van der Waals surface area contributed by atoms with E-state index in [0.717, 1.165) is 45.7 Å². The monoisotopic (exact) mass is 284 g/mol. The molecule has 0 aromatic rings. The van der Waals surface area contributed by atoms with Gasteiger partial charge in [0.15, 0.2) is 0 Å². The largest absolute Gasteiger partial charge is 0.355 e. The van der Waals surface area contributed by atoms with E-state index >= 15 is 0 Å². The second kappa shape index (κ2) is 10.1. The SMILES string of the molecule is CC(C)CNC(=O)CN1CCN(CCCCCN)CC1. The standard InChI is InChI=1S/C15H32N4O/c1-14(2)12-17-15(20)13-19-10-8-18(9-11-19)7-5-3-4-6-16/h14H,3-13,16H2,1-2H3,(H,17,20). The number of carbonyl (C=O) groups excluding carboxylic acids is 1. The first kappa shape index (κ1) is 17.4. The van der Waals surface area contributed by atoms with E-state index in [4.69, 9.17) is 5.73 Å². The van der Waals surface area contributed by atoms with Crippen LogP contribution in [0.5, 0.6) is 0 Å². The van der Waals surface area contributed by atoms with Gasteiger partial charge in [-0.3, -0.25) is 9.69 Å². The summed E-state index contributed by atoms with van der Waals surface area (Å²) in [5, 5.41) is 2.98. The minimum atomic E-state index is 0.162. The zero-order chi connectivity index (χ0) is 14.8. The number of hydrogen-bond acceptors (Lipinski definition) is 4. The minimum Gasteiger partial charge on any atom is -0.355 e. The highest BCUT2D eigenvalue weighted by atomic mass is 16.2. The van der Waals surface area contributed by atoms with Crippen LogP contribution in [0.15, 0.2) is 0 Å². The van der Waals surface area contributed by atoms with Gasteiger partial charge in [0.05, 0.1) is 6.54 Å². The third-order valence-electron chi connectivity index (χ3n) is 3.72. The van der Waals surface area contributed by atoms with E-state index in [9.17, 15) is 4.79 Å². The Kier molecular flexibility index (Phi) is 8.82. The number of hydrogen-bond donors (Lipinski definition) is 2. The van der Waals surface area contributed by atoms with Gasteiger partial charge >= 0.3 is 0 Å². The van der Waals surface area contributed by atoms with E-state index < -0.39 is 0 Å². The van der Waals surface area contributed by atoms with Crippen LogP contribution in [-0.4, -0.2) is 68.1 Å². The molecule has 0 saturated carbocycles. The number of carbonyl (C=O) groups is 1. The van der Waals surface area contributed by atoms with Crippen molar-refractivity contribution in [2.75, 3.05) is 52.4 Å². The quantitative estimate of drug-likeness (QED) is 0.606. The van der Waals surface area contributed by atoms with E-state index in [1.54, 1.807) is 0 Å². The molecule has 5 nitrogen and oxygen atoms in total. The number of amides is 1. The maximum absolute atomic E-state index is 11.8. The lowest BCUT2D eigenvalue weighted by Gasteiger charge is -2.34. The van der Waals surface area contributed by atoms with Crippen LogP contribution in [-0.2, 0) is 4.79 Å². The van der Waals surface area contributed by atoms with Gasteiger partial charge in [0.1, 0.15) is 0 Å². The van der Waals surface area contributed by atoms with Crippen molar-refractivity contribution in [1.82, 2.24) is 15.1 Å². The smallest absolute Gasteiger partial charge is 0.234 e. The van der Waals surface area contributed by atoms with Crippen molar-refractivity contribution in [2.45, 2.75) is 33.1 Å². The highest BCUT2D eigenvalue weighted by Crippen LogP contribution is 2.04. The highest BCUT2D eigenvalue weighted by Gasteiger charge is 2.18. The maximum atomic E-state index is 11.8. The lowest BCUT2D eigenvalue weighted by Crippen LogP contribution is -2.49. The summed E-state index contributed by atoms with van der Waals surface area (Å²) in [5.74, 6) is 0.680. The zero-order valence-electron chi connectivity index (χ0n) is 13.2. The molecule has 0 atom stereocenters. The Morgan fingerprint density at radius 1 is 1.10 bits per heavy atom. The predicted octanol–water partition coefficient (Wildman–Crippen LogP) is 0.505. The van der Waals surface area contributed by atoms with Crippen molar-refractivity contribution < 1.29 is 4.79 Å². The normalized spacial score (nSPS) is 17.6. The fraction of sp³-hybridized carbons (Fsp3) is 0.933. The van der Waals surface area contributed by atoms with Crippen LogP contribution >= 0.6 is 0 Å². The molecule has 0 unspecified atom stereocenters. The molecule has 20 heavy (non-hydrogen) atoms. The van der Waals surface area contributed by atoms with Crippen LogP contribution in [0.4, 0.5) is 0 Å². The lowest BCUT2D eigenvalue weighted by molar-refractivity contribution is -0.122. The number of piperazine rings is 1. The third-order valence-corrected chi connectivity index (χ3v) is 3.72. The Labute approximate surface area is 123 Å². The fourth-order valence-electron chi connectivity index (χ4n) is 2.40. The number of nitrogens with one attached hydrogen (secondary N) is 1. The van der Waals surface area contributed by atoms with Gasteiger partial charge < -0.3 is 16.0 Å². The Hall–Kier alpha value is -0.650. The van der Waals surface area contributed by atoms with Crippen molar-refractivity contribution in [3.8, 4) is 0 Å². The maximum Gasteiger partial charge on any atom is 0.234 e. The van der Waals surface area contributed by atoms with Gasteiger partial charge in [0, 0.05) is 32.7 Å². The lowest BCUT2D eigenvalue weighted by atomic mass is 10.2. The van der Waals surface area contributed by atoms with Crippen molar-refractivity contribution in [2.24, 2.45) is 11.7 Å². The van der Waals surface area contributed by atoms with E-state index in [1.807, 2.05) is 0 Å². The Morgan fingerprint density at radius 3 is 2.35 bits per heavy atom. The summed E-state index contributed by atoms with van der Waals surface area (Å²) in [5.41, 5.74) is 5.50. The van der Waals surface area contributed by atoms with E-state index in [1.165, 1.54) is 19.4 Å². The van der Waals surface area contributed by atoms with Gasteiger partial charge in [-0.15, -0.1) is 0 Å². The van der Waals surface area contributed by atoms with E-state index in [2.05, 4.69) is 29.0 Å². The molecule has 0 radical (unpaired) electrons. The average molecular weight is 284 g/mol. The fourth-order valence-corrected chi connectivity index (χ4v) is 2.40. The molecular formula is C15H32N4O. The highest BCUT2D eigenvalue weighted by molar-refractivity contribution is 5.78. The number of unbranched alkanes of at least 4 members (excludes halogenated alkanes) is 2. The molecule has 0 aromatic heterocycles.